The van der Waals surface area contributed by atoms with Gasteiger partial charge in [0.15, 0.2) is 0 Å². The molecule has 2 heterocycles. The molecule has 100 valence electrons. The molecule has 0 saturated carbocycles. The lowest BCUT2D eigenvalue weighted by atomic mass is 9.92. The lowest BCUT2D eigenvalue weighted by molar-refractivity contribution is -0.0227. The summed E-state index contributed by atoms with van der Waals surface area (Å²) >= 11 is 0. The maximum Gasteiger partial charge on any atom is 0.233 e. The molecule has 0 radical (unpaired) electrons. The van der Waals surface area contributed by atoms with Crippen molar-refractivity contribution in [2.45, 2.75) is 18.4 Å². The molecule has 1 aliphatic rings. The maximum atomic E-state index is 5.68. The van der Waals surface area contributed by atoms with Crippen LogP contribution in [-0.4, -0.2) is 49.4 Å². The summed E-state index contributed by atoms with van der Waals surface area (Å²) in [5, 5.41) is 6.61. The van der Waals surface area contributed by atoms with Crippen molar-refractivity contribution in [1.82, 2.24) is 15.3 Å². The lowest BCUT2D eigenvalue weighted by Crippen LogP contribution is -2.48. The minimum absolute atomic E-state index is 0.115. The van der Waals surface area contributed by atoms with E-state index in [1.165, 1.54) is 0 Å². The molecule has 0 unspecified atom stereocenters. The second-order valence-corrected chi connectivity index (χ2v) is 4.44. The van der Waals surface area contributed by atoms with Gasteiger partial charge in [0, 0.05) is 13.7 Å². The molecule has 1 aromatic heterocycles. The van der Waals surface area contributed by atoms with E-state index in [0.29, 0.717) is 11.7 Å². The Kier molecular flexibility index (Phi) is 4.33. The SMILES string of the molecule is COc1cncc(NCC2(OC)CCNCC2)n1. The minimum atomic E-state index is -0.115. The fourth-order valence-corrected chi connectivity index (χ4v) is 2.12. The van der Waals surface area contributed by atoms with Crippen molar-refractivity contribution in [2.75, 3.05) is 39.2 Å². The topological polar surface area (TPSA) is 68.3 Å². The summed E-state index contributed by atoms with van der Waals surface area (Å²) in [7, 11) is 3.35. The average molecular weight is 252 g/mol. The first-order valence-electron chi connectivity index (χ1n) is 6.14. The van der Waals surface area contributed by atoms with Crippen LogP contribution in [0.2, 0.25) is 0 Å². The van der Waals surface area contributed by atoms with Gasteiger partial charge in [-0.25, -0.2) is 0 Å². The molecule has 1 fully saturated rings. The van der Waals surface area contributed by atoms with Crippen LogP contribution in [-0.2, 0) is 4.74 Å². The summed E-state index contributed by atoms with van der Waals surface area (Å²) in [5.41, 5.74) is -0.115. The van der Waals surface area contributed by atoms with Gasteiger partial charge in [0.25, 0.3) is 0 Å². The normalized spacial score (nSPS) is 18.3. The number of ether oxygens (including phenoxy) is 2. The molecule has 0 atom stereocenters. The first-order chi connectivity index (χ1) is 8.78. The quantitative estimate of drug-likeness (QED) is 0.802. The Labute approximate surface area is 107 Å². The second kappa shape index (κ2) is 5.97. The van der Waals surface area contributed by atoms with Crippen LogP contribution in [0.1, 0.15) is 12.8 Å². The van der Waals surface area contributed by atoms with Crippen LogP contribution in [0.4, 0.5) is 5.82 Å². The van der Waals surface area contributed by atoms with Crippen molar-refractivity contribution in [3.63, 3.8) is 0 Å². The number of nitrogens with one attached hydrogen (secondary N) is 2. The molecule has 0 aliphatic carbocycles. The first kappa shape index (κ1) is 13.0. The van der Waals surface area contributed by atoms with Gasteiger partial charge in [-0.2, -0.15) is 4.98 Å². The molecule has 2 rings (SSSR count). The minimum Gasteiger partial charge on any atom is -0.480 e. The van der Waals surface area contributed by atoms with Crippen molar-refractivity contribution >= 4 is 5.82 Å². The summed E-state index contributed by atoms with van der Waals surface area (Å²) in [4.78, 5) is 8.34. The van der Waals surface area contributed by atoms with Gasteiger partial charge < -0.3 is 20.1 Å². The van der Waals surface area contributed by atoms with Gasteiger partial charge in [0.2, 0.25) is 5.88 Å². The van der Waals surface area contributed by atoms with E-state index in [2.05, 4.69) is 20.6 Å². The first-order valence-corrected chi connectivity index (χ1v) is 6.14. The van der Waals surface area contributed by atoms with Gasteiger partial charge in [0.1, 0.15) is 5.82 Å². The van der Waals surface area contributed by atoms with Gasteiger partial charge in [-0.1, -0.05) is 0 Å². The van der Waals surface area contributed by atoms with E-state index in [1.54, 1.807) is 26.6 Å². The van der Waals surface area contributed by atoms with E-state index in [1.807, 2.05) is 0 Å². The van der Waals surface area contributed by atoms with Gasteiger partial charge in [-0.3, -0.25) is 4.98 Å². The molecule has 1 aromatic rings. The number of nitrogens with zero attached hydrogens (tertiary/aromatic N) is 2. The van der Waals surface area contributed by atoms with E-state index in [4.69, 9.17) is 9.47 Å². The molecule has 1 saturated heterocycles. The highest BCUT2D eigenvalue weighted by Gasteiger charge is 2.31. The summed E-state index contributed by atoms with van der Waals surface area (Å²) in [6.07, 6.45) is 5.26. The molecule has 2 N–H and O–H groups in total. The van der Waals surface area contributed by atoms with Crippen LogP contribution in [0.15, 0.2) is 12.4 Å². The number of anilines is 1. The zero-order valence-electron chi connectivity index (χ0n) is 10.9. The number of piperidine rings is 1. The Morgan fingerprint density at radius 3 is 2.78 bits per heavy atom. The van der Waals surface area contributed by atoms with Crippen molar-refractivity contribution < 1.29 is 9.47 Å². The van der Waals surface area contributed by atoms with E-state index in [0.717, 1.165) is 32.5 Å². The fraction of sp³-hybridized carbons (Fsp3) is 0.667. The number of methoxy groups -OCH3 is 2. The largest absolute Gasteiger partial charge is 0.480 e. The van der Waals surface area contributed by atoms with E-state index in [9.17, 15) is 0 Å². The second-order valence-electron chi connectivity index (χ2n) is 4.44. The third kappa shape index (κ3) is 3.08. The van der Waals surface area contributed by atoms with Crippen molar-refractivity contribution in [3.8, 4) is 5.88 Å². The Bertz CT molecular complexity index is 380. The Hall–Kier alpha value is -1.40. The van der Waals surface area contributed by atoms with Gasteiger partial charge in [-0.15, -0.1) is 0 Å². The summed E-state index contributed by atoms with van der Waals surface area (Å²) in [5.74, 6) is 1.22. The number of hydrogen-bond acceptors (Lipinski definition) is 6. The smallest absolute Gasteiger partial charge is 0.233 e. The van der Waals surface area contributed by atoms with Gasteiger partial charge in [0.05, 0.1) is 25.1 Å². The van der Waals surface area contributed by atoms with E-state index in [-0.39, 0.29) is 5.60 Å². The lowest BCUT2D eigenvalue weighted by Gasteiger charge is -2.36. The summed E-state index contributed by atoms with van der Waals surface area (Å²) in [6, 6.07) is 0. The van der Waals surface area contributed by atoms with Crippen LogP contribution in [0, 0.1) is 0 Å². The zero-order valence-corrected chi connectivity index (χ0v) is 10.9. The maximum absolute atomic E-state index is 5.68. The molecule has 6 nitrogen and oxygen atoms in total. The molecule has 18 heavy (non-hydrogen) atoms. The molecule has 0 amide bonds. The molecular formula is C12H20N4O2. The van der Waals surface area contributed by atoms with Gasteiger partial charge >= 0.3 is 0 Å². The number of aromatic nitrogens is 2. The molecule has 0 aromatic carbocycles. The number of rotatable bonds is 5. The standard InChI is InChI=1S/C12H20N4O2/c1-17-11-8-14-7-10(16-11)15-9-12(18-2)3-5-13-6-4-12/h7-8,13H,3-6,9H2,1-2H3,(H,15,16). The molecule has 6 heteroatoms. The van der Waals surface area contributed by atoms with Crippen LogP contribution < -0.4 is 15.4 Å². The van der Waals surface area contributed by atoms with Crippen LogP contribution in [0.3, 0.4) is 0 Å². The molecular weight excluding hydrogens is 232 g/mol. The predicted molar refractivity (Wildman–Crippen MR) is 68.9 cm³/mol. The predicted octanol–water partition coefficient (Wildman–Crippen LogP) is 0.666. The van der Waals surface area contributed by atoms with Crippen LogP contribution >= 0.6 is 0 Å². The third-order valence-corrected chi connectivity index (χ3v) is 3.36. The zero-order chi connectivity index (χ0) is 12.8. The van der Waals surface area contributed by atoms with Gasteiger partial charge in [-0.05, 0) is 25.9 Å². The Balaban J connectivity index is 1.96. The molecule has 0 bridgehead atoms. The number of hydrogen-bond donors (Lipinski definition) is 2. The summed E-state index contributed by atoms with van der Waals surface area (Å²) < 4.78 is 10.7. The monoisotopic (exact) mass is 252 g/mol. The van der Waals surface area contributed by atoms with Crippen molar-refractivity contribution in [2.24, 2.45) is 0 Å². The van der Waals surface area contributed by atoms with Crippen molar-refractivity contribution in [1.29, 1.82) is 0 Å². The summed E-state index contributed by atoms with van der Waals surface area (Å²) in [6.45, 7) is 2.70. The fourth-order valence-electron chi connectivity index (χ4n) is 2.12. The average Bonchev–Trinajstić information content (AvgIpc) is 2.46. The highest BCUT2D eigenvalue weighted by atomic mass is 16.5. The van der Waals surface area contributed by atoms with Crippen LogP contribution in [0.25, 0.3) is 0 Å². The Morgan fingerprint density at radius 1 is 1.33 bits per heavy atom. The highest BCUT2D eigenvalue weighted by molar-refractivity contribution is 5.33. The molecule has 1 aliphatic heterocycles. The Morgan fingerprint density at radius 2 is 2.11 bits per heavy atom. The van der Waals surface area contributed by atoms with E-state index < -0.39 is 0 Å². The van der Waals surface area contributed by atoms with E-state index >= 15 is 0 Å². The van der Waals surface area contributed by atoms with Crippen molar-refractivity contribution in [3.05, 3.63) is 12.4 Å². The van der Waals surface area contributed by atoms with Crippen LogP contribution in [0.5, 0.6) is 5.88 Å². The molecule has 0 spiro atoms. The third-order valence-electron chi connectivity index (χ3n) is 3.36. The highest BCUT2D eigenvalue weighted by Crippen LogP contribution is 2.22.